The van der Waals surface area contributed by atoms with Crippen LogP contribution in [0.25, 0.3) is 11.0 Å². The Morgan fingerprint density at radius 2 is 2.06 bits per heavy atom. The molecular weight excluding hydrogens is 435 g/mol. The summed E-state index contributed by atoms with van der Waals surface area (Å²) in [7, 11) is 0. The number of allylic oxidation sites excluding steroid dienone is 1. The van der Waals surface area contributed by atoms with Crippen molar-refractivity contribution in [1.82, 2.24) is 25.5 Å². The Morgan fingerprint density at radius 1 is 1.30 bits per heavy atom. The monoisotopic (exact) mass is 456 g/mol. The van der Waals surface area contributed by atoms with E-state index in [9.17, 15) is 14.0 Å². The molecule has 6 N–H and O–H groups in total. The zero-order valence-electron chi connectivity index (χ0n) is 17.9. The van der Waals surface area contributed by atoms with Gasteiger partial charge >= 0.3 is 12.1 Å². The molecule has 0 fully saturated rings. The Bertz CT molecular complexity index is 1260. The number of carbonyl (C=O) groups is 2. The minimum absolute atomic E-state index is 0.0796. The fraction of sp³-hybridized carbons (Fsp3) is 0.200. The summed E-state index contributed by atoms with van der Waals surface area (Å²) in [6.45, 7) is 5.42. The number of ether oxygens (including phenoxy) is 1. The standard InChI is InChI=1S/C20H21FN8O4/c1-20(2,3)14(22)7-15(28-19(31)32)27-18(30)26-10-4-5-13(12(21)6-10)33-17-11-8-25-29-16(11)23-9-24-17/h4-9H,22H2,1-3H3,(H,31,32)(H,23,24,25,29)(H2,26,27,28,30). The van der Waals surface area contributed by atoms with Crippen LogP contribution < -0.4 is 21.1 Å². The van der Waals surface area contributed by atoms with Crippen LogP contribution in [0.15, 0.2) is 47.5 Å². The zero-order chi connectivity index (χ0) is 24.2. The fourth-order valence-electron chi connectivity index (χ4n) is 2.43. The van der Waals surface area contributed by atoms with Crippen molar-refractivity contribution in [2.75, 3.05) is 5.32 Å². The molecule has 0 aliphatic carbocycles. The molecule has 3 amide bonds. The maximum atomic E-state index is 14.6. The van der Waals surface area contributed by atoms with Crippen LogP contribution in [-0.4, -0.2) is 43.2 Å². The Hall–Kier alpha value is -4.55. The van der Waals surface area contributed by atoms with Gasteiger partial charge in [0.05, 0.1) is 6.20 Å². The highest BCUT2D eigenvalue weighted by Gasteiger charge is 2.17. The van der Waals surface area contributed by atoms with Crippen molar-refractivity contribution in [3.05, 3.63) is 48.3 Å². The second kappa shape index (κ2) is 9.30. The van der Waals surface area contributed by atoms with Gasteiger partial charge in [0, 0.05) is 28.9 Å². The number of carbonyl (C=O) groups excluding carboxylic acids is 1. The molecule has 0 unspecified atom stereocenters. The topological polar surface area (TPSA) is 180 Å². The second-order valence-corrected chi connectivity index (χ2v) is 7.77. The van der Waals surface area contributed by atoms with Crippen molar-refractivity contribution in [3.63, 3.8) is 0 Å². The van der Waals surface area contributed by atoms with E-state index in [0.717, 1.165) is 6.07 Å². The normalized spacial score (nSPS) is 12.5. The van der Waals surface area contributed by atoms with E-state index < -0.39 is 23.4 Å². The van der Waals surface area contributed by atoms with Gasteiger partial charge in [-0.3, -0.25) is 10.4 Å². The van der Waals surface area contributed by atoms with E-state index in [2.05, 4.69) is 35.8 Å². The number of nitrogens with one attached hydrogen (secondary N) is 3. The van der Waals surface area contributed by atoms with E-state index in [4.69, 9.17) is 15.6 Å². The number of rotatable bonds is 4. The smallest absolute Gasteiger partial charge is 0.433 e. The number of aromatic nitrogens is 4. The van der Waals surface area contributed by atoms with Gasteiger partial charge in [-0.25, -0.2) is 23.9 Å². The highest BCUT2D eigenvalue weighted by atomic mass is 19.1. The first-order valence-corrected chi connectivity index (χ1v) is 9.51. The minimum atomic E-state index is -1.52. The number of nitrogens with zero attached hydrogens (tertiary/aromatic N) is 4. The molecule has 12 nitrogen and oxygen atoms in total. The molecule has 0 bridgehead atoms. The number of anilines is 1. The summed E-state index contributed by atoms with van der Waals surface area (Å²) >= 11 is 0. The van der Waals surface area contributed by atoms with Gasteiger partial charge in [-0.1, -0.05) is 20.8 Å². The fourth-order valence-corrected chi connectivity index (χ4v) is 2.43. The van der Waals surface area contributed by atoms with Gasteiger partial charge in [-0.15, -0.1) is 0 Å². The van der Waals surface area contributed by atoms with E-state index in [-0.39, 0.29) is 23.2 Å². The summed E-state index contributed by atoms with van der Waals surface area (Å²) in [6.07, 6.45) is 2.40. The lowest BCUT2D eigenvalue weighted by Crippen LogP contribution is -2.35. The number of H-pyrrole nitrogens is 1. The number of fused-ring (bicyclic) bond motifs is 1. The third-order valence-electron chi connectivity index (χ3n) is 4.22. The van der Waals surface area contributed by atoms with Crippen LogP contribution in [0.5, 0.6) is 11.6 Å². The van der Waals surface area contributed by atoms with Gasteiger partial charge in [0.25, 0.3) is 0 Å². The van der Waals surface area contributed by atoms with Crippen molar-refractivity contribution >= 4 is 34.7 Å². The van der Waals surface area contributed by atoms with Crippen LogP contribution >= 0.6 is 0 Å². The lowest BCUT2D eigenvalue weighted by atomic mass is 9.92. The number of nitrogens with two attached hydrogens (primary N) is 1. The van der Waals surface area contributed by atoms with Crippen molar-refractivity contribution in [2.24, 2.45) is 16.1 Å². The Kier molecular flexibility index (Phi) is 6.51. The van der Waals surface area contributed by atoms with Gasteiger partial charge < -0.3 is 20.9 Å². The number of aliphatic imine (C=N–C) groups is 1. The van der Waals surface area contributed by atoms with Crippen LogP contribution in [0, 0.1) is 11.2 Å². The van der Waals surface area contributed by atoms with Gasteiger partial charge in [0.2, 0.25) is 5.88 Å². The molecule has 3 rings (SSSR count). The first kappa shape index (κ1) is 23.1. The lowest BCUT2D eigenvalue weighted by Gasteiger charge is -2.19. The summed E-state index contributed by atoms with van der Waals surface area (Å²) in [4.78, 5) is 34.5. The zero-order valence-corrected chi connectivity index (χ0v) is 17.9. The highest BCUT2D eigenvalue weighted by Crippen LogP contribution is 2.29. The van der Waals surface area contributed by atoms with Crippen molar-refractivity contribution in [3.8, 4) is 11.6 Å². The predicted molar refractivity (Wildman–Crippen MR) is 117 cm³/mol. The molecule has 2 heterocycles. The summed E-state index contributed by atoms with van der Waals surface area (Å²) in [5.74, 6) is -1.11. The molecule has 1 aromatic carbocycles. The molecule has 3 aromatic rings. The average molecular weight is 456 g/mol. The number of halogens is 1. The molecule has 172 valence electrons. The number of carboxylic acid groups (broad SMARTS) is 1. The Balaban J connectivity index is 1.73. The minimum Gasteiger partial charge on any atom is -0.463 e. The Morgan fingerprint density at radius 3 is 2.73 bits per heavy atom. The summed E-state index contributed by atoms with van der Waals surface area (Å²) < 4.78 is 20.1. The first-order valence-electron chi connectivity index (χ1n) is 9.51. The van der Waals surface area contributed by atoms with Crippen LogP contribution in [0.2, 0.25) is 0 Å². The second-order valence-electron chi connectivity index (χ2n) is 7.77. The molecule has 2 aromatic heterocycles. The summed E-state index contributed by atoms with van der Waals surface area (Å²) in [6, 6.07) is 2.86. The summed E-state index contributed by atoms with van der Waals surface area (Å²) in [5.41, 5.74) is 6.24. The first-order chi connectivity index (χ1) is 15.5. The van der Waals surface area contributed by atoms with Crippen LogP contribution in [0.3, 0.4) is 0 Å². The van der Waals surface area contributed by atoms with Gasteiger partial charge in [0.15, 0.2) is 17.2 Å². The van der Waals surface area contributed by atoms with E-state index in [0.29, 0.717) is 16.7 Å². The quantitative estimate of drug-likeness (QED) is 0.292. The van der Waals surface area contributed by atoms with Crippen molar-refractivity contribution in [2.45, 2.75) is 20.8 Å². The molecule has 0 spiro atoms. The van der Waals surface area contributed by atoms with E-state index in [1.54, 1.807) is 0 Å². The molecule has 33 heavy (non-hydrogen) atoms. The van der Waals surface area contributed by atoms with Crippen LogP contribution in [0.4, 0.5) is 19.7 Å². The molecule has 0 saturated heterocycles. The predicted octanol–water partition coefficient (Wildman–Crippen LogP) is 3.37. The van der Waals surface area contributed by atoms with Gasteiger partial charge in [-0.2, -0.15) is 10.1 Å². The SMILES string of the molecule is CC(C)(C)C(N)=CC(=NC(=O)O)NC(=O)Nc1ccc(Oc2ncnc3[nH]ncc23)c(F)c1. The van der Waals surface area contributed by atoms with Crippen molar-refractivity contribution < 1.29 is 23.8 Å². The van der Waals surface area contributed by atoms with E-state index in [1.807, 2.05) is 20.8 Å². The molecule has 0 atom stereocenters. The number of urea groups is 1. The molecule has 0 radical (unpaired) electrons. The average Bonchev–Trinajstić information content (AvgIpc) is 3.18. The molecular formula is C20H21FN8O4. The number of hydrogen-bond acceptors (Lipinski definition) is 7. The number of amides is 3. The Labute approximate surface area is 186 Å². The van der Waals surface area contributed by atoms with Gasteiger partial charge in [0.1, 0.15) is 17.5 Å². The lowest BCUT2D eigenvalue weighted by molar-refractivity contribution is 0.205. The third-order valence-corrected chi connectivity index (χ3v) is 4.22. The van der Waals surface area contributed by atoms with Crippen molar-refractivity contribution in [1.29, 1.82) is 0 Å². The highest BCUT2D eigenvalue weighted by molar-refractivity contribution is 6.10. The summed E-state index contributed by atoms with van der Waals surface area (Å²) in [5, 5.41) is 20.5. The molecule has 0 aliphatic heterocycles. The third kappa shape index (κ3) is 6.00. The molecule has 13 heteroatoms. The van der Waals surface area contributed by atoms with Crippen LogP contribution in [-0.2, 0) is 0 Å². The number of benzene rings is 1. The largest absolute Gasteiger partial charge is 0.463 e. The van der Waals surface area contributed by atoms with Crippen LogP contribution in [0.1, 0.15) is 20.8 Å². The maximum absolute atomic E-state index is 14.6. The van der Waals surface area contributed by atoms with E-state index in [1.165, 1.54) is 30.7 Å². The molecule has 0 saturated carbocycles. The number of aromatic amines is 1. The van der Waals surface area contributed by atoms with E-state index >= 15 is 0 Å². The number of hydrogen-bond donors (Lipinski definition) is 5. The van der Waals surface area contributed by atoms with Gasteiger partial charge in [-0.05, 0) is 12.1 Å². The molecule has 0 aliphatic rings. The number of amidine groups is 1. The maximum Gasteiger partial charge on any atom is 0.433 e.